The minimum atomic E-state index is -2.92. The zero-order chi connectivity index (χ0) is 17.3. The molecule has 1 atom stereocenters. The van der Waals surface area contributed by atoms with Gasteiger partial charge >= 0.3 is 0 Å². The smallest absolute Gasteiger partial charge is 0.191 e. The van der Waals surface area contributed by atoms with Gasteiger partial charge in [0.15, 0.2) is 5.96 Å². The highest BCUT2D eigenvalue weighted by molar-refractivity contribution is 7.90. The quantitative estimate of drug-likeness (QED) is 0.418. The average molecular weight is 362 g/mol. The van der Waals surface area contributed by atoms with Crippen LogP contribution in [0.25, 0.3) is 0 Å². The van der Waals surface area contributed by atoms with Gasteiger partial charge in [0.2, 0.25) is 0 Å². The van der Waals surface area contributed by atoms with E-state index in [1.165, 1.54) is 6.26 Å². The molecule has 0 spiro atoms. The van der Waals surface area contributed by atoms with Crippen LogP contribution in [0.4, 0.5) is 0 Å². The Kier molecular flexibility index (Phi) is 8.19. The Morgan fingerprint density at radius 1 is 1.30 bits per heavy atom. The summed E-state index contributed by atoms with van der Waals surface area (Å²) in [6, 6.07) is 7.19. The molecule has 0 saturated heterocycles. The predicted molar refractivity (Wildman–Crippen MR) is 95.2 cm³/mol. The van der Waals surface area contributed by atoms with Crippen LogP contribution in [0.2, 0.25) is 5.02 Å². The second kappa shape index (κ2) is 9.62. The van der Waals surface area contributed by atoms with Crippen LogP contribution in [0.1, 0.15) is 13.3 Å². The Morgan fingerprint density at radius 2 is 1.96 bits per heavy atom. The molecule has 0 aromatic heterocycles. The topological polar surface area (TPSA) is 79.8 Å². The number of benzene rings is 1. The van der Waals surface area contributed by atoms with Gasteiger partial charge < -0.3 is 15.4 Å². The Morgan fingerprint density at radius 3 is 2.52 bits per heavy atom. The van der Waals surface area contributed by atoms with Crippen molar-refractivity contribution in [3.8, 4) is 5.75 Å². The molecule has 0 aliphatic rings. The van der Waals surface area contributed by atoms with Gasteiger partial charge in [0, 0.05) is 24.9 Å². The standard InChI is InChI=1S/C15H24ClN3O3S/c1-12(22-14-7-5-13(16)6-8-14)11-19-15(17-2)18-9-4-10-23(3,20)21/h5-8,12H,4,9-11H2,1-3H3,(H2,17,18,19). The van der Waals surface area contributed by atoms with Gasteiger partial charge in [0.1, 0.15) is 21.7 Å². The number of sulfone groups is 1. The van der Waals surface area contributed by atoms with Crippen molar-refractivity contribution in [3.05, 3.63) is 29.3 Å². The number of rotatable bonds is 8. The van der Waals surface area contributed by atoms with E-state index in [1.54, 1.807) is 19.2 Å². The average Bonchev–Trinajstić information content (AvgIpc) is 2.48. The fourth-order valence-corrected chi connectivity index (χ4v) is 2.58. The third-order valence-electron chi connectivity index (χ3n) is 2.92. The van der Waals surface area contributed by atoms with Crippen LogP contribution in [0.15, 0.2) is 29.3 Å². The van der Waals surface area contributed by atoms with Crippen molar-refractivity contribution < 1.29 is 13.2 Å². The summed E-state index contributed by atoms with van der Waals surface area (Å²) in [7, 11) is -1.26. The van der Waals surface area contributed by atoms with Crippen molar-refractivity contribution in [2.24, 2.45) is 4.99 Å². The van der Waals surface area contributed by atoms with Gasteiger partial charge in [0.25, 0.3) is 0 Å². The maximum atomic E-state index is 11.1. The Hall–Kier alpha value is -1.47. The first-order chi connectivity index (χ1) is 10.8. The minimum Gasteiger partial charge on any atom is -0.489 e. The summed E-state index contributed by atoms with van der Waals surface area (Å²) in [5.41, 5.74) is 0. The molecule has 0 amide bonds. The van der Waals surface area contributed by atoms with Gasteiger partial charge in [-0.3, -0.25) is 4.99 Å². The van der Waals surface area contributed by atoms with E-state index in [0.717, 1.165) is 5.75 Å². The molecule has 0 fully saturated rings. The van der Waals surface area contributed by atoms with Crippen molar-refractivity contribution in [2.75, 3.05) is 32.1 Å². The molecule has 23 heavy (non-hydrogen) atoms. The molecule has 2 N–H and O–H groups in total. The number of halogens is 1. The molecule has 0 bridgehead atoms. The molecule has 6 nitrogen and oxygen atoms in total. The Bertz CT molecular complexity index is 603. The molecular formula is C15H24ClN3O3S. The lowest BCUT2D eigenvalue weighted by molar-refractivity contribution is 0.224. The lowest BCUT2D eigenvalue weighted by atomic mass is 10.3. The molecule has 1 rings (SSSR count). The third-order valence-corrected chi connectivity index (χ3v) is 4.20. The van der Waals surface area contributed by atoms with Crippen LogP contribution < -0.4 is 15.4 Å². The highest BCUT2D eigenvalue weighted by atomic mass is 35.5. The van der Waals surface area contributed by atoms with Crippen LogP contribution >= 0.6 is 11.6 Å². The summed E-state index contributed by atoms with van der Waals surface area (Å²) < 4.78 is 27.9. The second-order valence-corrected chi connectivity index (χ2v) is 7.94. The summed E-state index contributed by atoms with van der Waals surface area (Å²) >= 11 is 5.83. The zero-order valence-electron chi connectivity index (χ0n) is 13.7. The van der Waals surface area contributed by atoms with Crippen LogP contribution in [0.5, 0.6) is 5.75 Å². The molecule has 0 heterocycles. The molecule has 1 aromatic carbocycles. The molecule has 1 unspecified atom stereocenters. The predicted octanol–water partition coefficient (Wildman–Crippen LogP) is 1.71. The van der Waals surface area contributed by atoms with Crippen LogP contribution in [-0.2, 0) is 9.84 Å². The first-order valence-electron chi connectivity index (χ1n) is 7.34. The Labute approximate surface area is 143 Å². The molecule has 0 saturated carbocycles. The molecule has 0 aliphatic heterocycles. The molecule has 0 radical (unpaired) electrons. The minimum absolute atomic E-state index is 0.0641. The molecular weight excluding hydrogens is 338 g/mol. The summed E-state index contributed by atoms with van der Waals surface area (Å²) in [5, 5.41) is 6.88. The van der Waals surface area contributed by atoms with Crippen molar-refractivity contribution in [1.82, 2.24) is 10.6 Å². The highest BCUT2D eigenvalue weighted by Crippen LogP contribution is 2.16. The summed E-state index contributed by atoms with van der Waals surface area (Å²) in [6.45, 7) is 3.05. The van der Waals surface area contributed by atoms with Gasteiger partial charge in [-0.15, -0.1) is 0 Å². The summed E-state index contributed by atoms with van der Waals surface area (Å²) in [4.78, 5) is 4.08. The van der Waals surface area contributed by atoms with Crippen molar-refractivity contribution >= 4 is 27.4 Å². The van der Waals surface area contributed by atoms with Crippen molar-refractivity contribution in [1.29, 1.82) is 0 Å². The molecule has 1 aromatic rings. The number of aliphatic imine (C=N–C) groups is 1. The maximum Gasteiger partial charge on any atom is 0.191 e. The SMILES string of the molecule is CN=C(NCCCS(C)(=O)=O)NCC(C)Oc1ccc(Cl)cc1. The van der Waals surface area contributed by atoms with E-state index < -0.39 is 9.84 Å². The normalized spacial score (nSPS) is 13.5. The van der Waals surface area contributed by atoms with E-state index in [2.05, 4.69) is 15.6 Å². The number of hydrogen-bond acceptors (Lipinski definition) is 4. The van der Waals surface area contributed by atoms with Gasteiger partial charge in [0.05, 0.1) is 12.3 Å². The second-order valence-electron chi connectivity index (χ2n) is 5.25. The number of guanidine groups is 1. The van der Waals surface area contributed by atoms with E-state index in [1.807, 2.05) is 19.1 Å². The molecule has 130 valence electrons. The lowest BCUT2D eigenvalue weighted by Crippen LogP contribution is -2.42. The van der Waals surface area contributed by atoms with E-state index >= 15 is 0 Å². The monoisotopic (exact) mass is 361 g/mol. The summed E-state index contributed by atoms with van der Waals surface area (Å²) in [6.07, 6.45) is 1.71. The van der Waals surface area contributed by atoms with E-state index in [-0.39, 0.29) is 11.9 Å². The Balaban J connectivity index is 2.29. The number of nitrogens with one attached hydrogen (secondary N) is 2. The highest BCUT2D eigenvalue weighted by Gasteiger charge is 2.06. The third kappa shape index (κ3) is 9.30. The summed E-state index contributed by atoms with van der Waals surface area (Å²) in [5.74, 6) is 1.53. The van der Waals surface area contributed by atoms with Gasteiger partial charge in [-0.05, 0) is 37.6 Å². The first-order valence-corrected chi connectivity index (χ1v) is 9.78. The maximum absolute atomic E-state index is 11.1. The molecule has 8 heteroatoms. The van der Waals surface area contributed by atoms with E-state index in [0.29, 0.717) is 30.5 Å². The van der Waals surface area contributed by atoms with Gasteiger partial charge in [-0.1, -0.05) is 11.6 Å². The zero-order valence-corrected chi connectivity index (χ0v) is 15.2. The van der Waals surface area contributed by atoms with Crippen molar-refractivity contribution in [3.63, 3.8) is 0 Å². The fraction of sp³-hybridized carbons (Fsp3) is 0.533. The molecule has 0 aliphatic carbocycles. The van der Waals surface area contributed by atoms with Crippen LogP contribution in [-0.4, -0.2) is 52.6 Å². The fourth-order valence-electron chi connectivity index (χ4n) is 1.79. The lowest BCUT2D eigenvalue weighted by Gasteiger charge is -2.17. The van der Waals surface area contributed by atoms with Crippen LogP contribution in [0, 0.1) is 0 Å². The van der Waals surface area contributed by atoms with Gasteiger partial charge in [-0.25, -0.2) is 8.42 Å². The van der Waals surface area contributed by atoms with Crippen molar-refractivity contribution in [2.45, 2.75) is 19.4 Å². The number of hydrogen-bond donors (Lipinski definition) is 2. The number of nitrogens with zero attached hydrogens (tertiary/aromatic N) is 1. The van der Waals surface area contributed by atoms with Gasteiger partial charge in [-0.2, -0.15) is 0 Å². The largest absolute Gasteiger partial charge is 0.489 e. The number of ether oxygens (including phenoxy) is 1. The van der Waals surface area contributed by atoms with Crippen LogP contribution in [0.3, 0.4) is 0 Å². The van der Waals surface area contributed by atoms with E-state index in [9.17, 15) is 8.42 Å². The van der Waals surface area contributed by atoms with E-state index in [4.69, 9.17) is 16.3 Å². The first kappa shape index (κ1) is 19.6.